The molecule has 2 aromatic heterocycles. The molecule has 7 nitrogen and oxygen atoms in total. The van der Waals surface area contributed by atoms with Gasteiger partial charge < -0.3 is 9.42 Å². The number of hydrogen-bond donors (Lipinski definition) is 0. The molecule has 4 aromatic rings. The maximum atomic E-state index is 13.1. The first-order valence-corrected chi connectivity index (χ1v) is 10.9. The quantitative estimate of drug-likeness (QED) is 0.468. The van der Waals surface area contributed by atoms with Crippen molar-refractivity contribution in [2.45, 2.75) is 38.6 Å². The predicted molar refractivity (Wildman–Crippen MR) is 117 cm³/mol. The molecule has 0 bridgehead atoms. The first-order chi connectivity index (χ1) is 15.6. The number of para-hydroxylation sites is 1. The fourth-order valence-electron chi connectivity index (χ4n) is 4.32. The summed E-state index contributed by atoms with van der Waals surface area (Å²) in [6.07, 6.45) is 1.98. The topological polar surface area (TPSA) is 77.1 Å². The van der Waals surface area contributed by atoms with E-state index in [1.807, 2.05) is 34.7 Å². The highest BCUT2D eigenvalue weighted by Gasteiger charge is 2.27. The molecule has 3 heterocycles. The number of benzene rings is 2. The number of likely N-dealkylation sites (tertiary alicyclic amines) is 1. The lowest BCUT2D eigenvalue weighted by Crippen LogP contribution is -2.38. The molecule has 1 aliphatic heterocycles. The van der Waals surface area contributed by atoms with E-state index in [0.29, 0.717) is 37.8 Å². The minimum absolute atomic E-state index is 0.124. The summed E-state index contributed by atoms with van der Waals surface area (Å²) in [6.45, 7) is 3.88. The monoisotopic (exact) mass is 433 g/mol. The Bertz CT molecular complexity index is 1240. The lowest BCUT2D eigenvalue weighted by atomic mass is 9.96. The van der Waals surface area contributed by atoms with Gasteiger partial charge in [-0.25, -0.2) is 4.39 Å². The molecule has 0 aliphatic carbocycles. The maximum Gasteiger partial charge on any atom is 0.230 e. The highest BCUT2D eigenvalue weighted by molar-refractivity contribution is 5.82. The van der Waals surface area contributed by atoms with Crippen molar-refractivity contribution in [3.63, 3.8) is 0 Å². The van der Waals surface area contributed by atoms with Crippen LogP contribution in [0.5, 0.6) is 0 Å². The van der Waals surface area contributed by atoms with Crippen LogP contribution < -0.4 is 0 Å². The summed E-state index contributed by atoms with van der Waals surface area (Å²) in [7, 11) is 0. The van der Waals surface area contributed by atoms with E-state index < -0.39 is 0 Å². The SMILES string of the molecule is Cc1nn(CCC(=O)N2CCC(c3nc(-c4ccc(F)cc4)no3)CC2)c2ccccc12. The van der Waals surface area contributed by atoms with Crippen LogP contribution in [0.3, 0.4) is 0 Å². The highest BCUT2D eigenvalue weighted by Crippen LogP contribution is 2.29. The highest BCUT2D eigenvalue weighted by atomic mass is 19.1. The van der Waals surface area contributed by atoms with Crippen molar-refractivity contribution in [2.24, 2.45) is 0 Å². The fraction of sp³-hybridized carbons (Fsp3) is 0.333. The van der Waals surface area contributed by atoms with Gasteiger partial charge in [-0.3, -0.25) is 9.48 Å². The minimum atomic E-state index is -0.301. The van der Waals surface area contributed by atoms with Gasteiger partial charge in [-0.1, -0.05) is 23.4 Å². The third-order valence-corrected chi connectivity index (χ3v) is 6.12. The molecule has 5 rings (SSSR count). The molecule has 2 aromatic carbocycles. The van der Waals surface area contributed by atoms with Gasteiger partial charge >= 0.3 is 0 Å². The first-order valence-electron chi connectivity index (χ1n) is 10.9. The number of carbonyl (C=O) groups excluding carboxylic acids is 1. The standard InChI is InChI=1S/C24H24FN5O2/c1-16-20-4-2-3-5-21(20)30(27-16)15-12-22(31)29-13-10-18(11-14-29)24-26-23(28-32-24)17-6-8-19(25)9-7-17/h2-9,18H,10-15H2,1H3. The Morgan fingerprint density at radius 2 is 1.88 bits per heavy atom. The smallest absolute Gasteiger partial charge is 0.230 e. The van der Waals surface area contributed by atoms with Crippen LogP contribution in [0, 0.1) is 12.7 Å². The summed E-state index contributed by atoms with van der Waals surface area (Å²) in [5.41, 5.74) is 2.76. The Balaban J connectivity index is 1.17. The molecule has 0 spiro atoms. The van der Waals surface area contributed by atoms with Crippen molar-refractivity contribution >= 4 is 16.8 Å². The number of halogens is 1. The third-order valence-electron chi connectivity index (χ3n) is 6.12. The Morgan fingerprint density at radius 1 is 1.12 bits per heavy atom. The van der Waals surface area contributed by atoms with Gasteiger partial charge in [-0.2, -0.15) is 10.1 Å². The molecule has 1 fully saturated rings. The molecule has 0 radical (unpaired) electrons. The van der Waals surface area contributed by atoms with E-state index in [1.54, 1.807) is 12.1 Å². The Kier molecular flexibility index (Phi) is 5.43. The second-order valence-corrected chi connectivity index (χ2v) is 8.19. The predicted octanol–water partition coefficient (Wildman–Crippen LogP) is 4.33. The maximum absolute atomic E-state index is 13.1. The van der Waals surface area contributed by atoms with Gasteiger partial charge in [0.05, 0.1) is 17.8 Å². The Morgan fingerprint density at radius 3 is 2.66 bits per heavy atom. The van der Waals surface area contributed by atoms with Gasteiger partial charge in [0.2, 0.25) is 17.6 Å². The van der Waals surface area contributed by atoms with Gasteiger partial charge in [-0.05, 0) is 50.1 Å². The zero-order valence-electron chi connectivity index (χ0n) is 17.9. The van der Waals surface area contributed by atoms with E-state index in [0.717, 1.165) is 35.0 Å². The van der Waals surface area contributed by atoms with Gasteiger partial charge in [0.1, 0.15) is 5.82 Å². The molecular formula is C24H24FN5O2. The zero-order valence-corrected chi connectivity index (χ0v) is 17.9. The molecule has 1 amide bonds. The lowest BCUT2D eigenvalue weighted by molar-refractivity contribution is -0.132. The number of aryl methyl sites for hydroxylation is 2. The van der Waals surface area contributed by atoms with Crippen LogP contribution in [0.2, 0.25) is 0 Å². The van der Waals surface area contributed by atoms with Crippen molar-refractivity contribution in [3.8, 4) is 11.4 Å². The van der Waals surface area contributed by atoms with Crippen molar-refractivity contribution in [3.05, 3.63) is 65.9 Å². The Labute approximate surface area is 184 Å². The van der Waals surface area contributed by atoms with Gasteiger partial charge in [0.25, 0.3) is 0 Å². The summed E-state index contributed by atoms with van der Waals surface area (Å²) >= 11 is 0. The van der Waals surface area contributed by atoms with Crippen LogP contribution in [-0.2, 0) is 11.3 Å². The molecule has 1 aliphatic rings. The van der Waals surface area contributed by atoms with Crippen molar-refractivity contribution < 1.29 is 13.7 Å². The first kappa shape index (κ1) is 20.4. The Hall–Kier alpha value is -3.55. The summed E-state index contributed by atoms with van der Waals surface area (Å²) in [6, 6.07) is 14.1. The third kappa shape index (κ3) is 4.00. The average molecular weight is 433 g/mol. The molecule has 0 N–H and O–H groups in total. The van der Waals surface area contributed by atoms with Crippen LogP contribution in [0.15, 0.2) is 53.1 Å². The van der Waals surface area contributed by atoms with E-state index >= 15 is 0 Å². The number of hydrogen-bond acceptors (Lipinski definition) is 5. The number of piperidine rings is 1. The van der Waals surface area contributed by atoms with Crippen molar-refractivity contribution in [2.75, 3.05) is 13.1 Å². The normalized spacial score (nSPS) is 14.9. The lowest BCUT2D eigenvalue weighted by Gasteiger charge is -2.30. The molecule has 1 saturated heterocycles. The minimum Gasteiger partial charge on any atom is -0.343 e. The van der Waals surface area contributed by atoms with E-state index in [4.69, 9.17) is 4.52 Å². The molecule has 0 unspecified atom stereocenters. The summed E-state index contributed by atoms with van der Waals surface area (Å²) in [4.78, 5) is 19.2. The zero-order chi connectivity index (χ0) is 22.1. The molecule has 0 atom stereocenters. The van der Waals surface area contributed by atoms with Crippen molar-refractivity contribution in [1.29, 1.82) is 0 Å². The van der Waals surface area contributed by atoms with E-state index in [-0.39, 0.29) is 17.6 Å². The second kappa shape index (κ2) is 8.53. The molecular weight excluding hydrogens is 409 g/mol. The number of aromatic nitrogens is 4. The average Bonchev–Trinajstić information content (AvgIpc) is 3.44. The van der Waals surface area contributed by atoms with Crippen LogP contribution in [0.1, 0.15) is 36.8 Å². The van der Waals surface area contributed by atoms with E-state index in [9.17, 15) is 9.18 Å². The number of rotatable bonds is 5. The van der Waals surface area contributed by atoms with Crippen LogP contribution in [0.4, 0.5) is 4.39 Å². The summed E-state index contributed by atoms with van der Waals surface area (Å²) in [5, 5.41) is 9.75. The van der Waals surface area contributed by atoms with Gasteiger partial charge in [0.15, 0.2) is 0 Å². The molecule has 164 valence electrons. The molecule has 32 heavy (non-hydrogen) atoms. The van der Waals surface area contributed by atoms with E-state index in [1.165, 1.54) is 12.1 Å². The number of fused-ring (bicyclic) bond motifs is 1. The van der Waals surface area contributed by atoms with Gasteiger partial charge in [-0.15, -0.1) is 0 Å². The van der Waals surface area contributed by atoms with E-state index in [2.05, 4.69) is 21.3 Å². The number of nitrogens with zero attached hydrogens (tertiary/aromatic N) is 5. The number of carbonyl (C=O) groups is 1. The fourth-order valence-corrected chi connectivity index (χ4v) is 4.32. The summed E-state index contributed by atoms with van der Waals surface area (Å²) in [5.74, 6) is 0.997. The van der Waals surface area contributed by atoms with Crippen LogP contribution in [0.25, 0.3) is 22.3 Å². The van der Waals surface area contributed by atoms with Crippen molar-refractivity contribution in [1.82, 2.24) is 24.8 Å². The summed E-state index contributed by atoms with van der Waals surface area (Å²) < 4.78 is 20.5. The molecule has 0 saturated carbocycles. The molecule has 8 heteroatoms. The largest absolute Gasteiger partial charge is 0.343 e. The number of amides is 1. The van der Waals surface area contributed by atoms with Gasteiger partial charge in [0, 0.05) is 36.4 Å². The van der Waals surface area contributed by atoms with Crippen LogP contribution >= 0.6 is 0 Å². The second-order valence-electron chi connectivity index (χ2n) is 8.19. The van der Waals surface area contributed by atoms with Crippen LogP contribution in [-0.4, -0.2) is 43.8 Å².